The zero-order valence-corrected chi connectivity index (χ0v) is 17.7. The molecule has 0 N–H and O–H groups in total. The lowest BCUT2D eigenvalue weighted by Crippen LogP contribution is -2.39. The van der Waals surface area contributed by atoms with Crippen molar-refractivity contribution in [3.63, 3.8) is 0 Å². The molecule has 1 fully saturated rings. The number of likely N-dealkylation sites (tertiary alicyclic amines) is 1. The SMILES string of the molecule is Cc1noc(C)c1C(=O)N1CCC(Cc2ncc(C)n2Cc2ccc(F)cc2)CC1. The number of halogens is 1. The first-order valence-corrected chi connectivity index (χ1v) is 10.4. The van der Waals surface area contributed by atoms with Gasteiger partial charge in [0.2, 0.25) is 0 Å². The predicted octanol–water partition coefficient (Wildman–Crippen LogP) is 4.08. The van der Waals surface area contributed by atoms with Crippen LogP contribution in [0.2, 0.25) is 0 Å². The Bertz CT molecular complexity index is 1010. The summed E-state index contributed by atoms with van der Waals surface area (Å²) in [6.07, 6.45) is 4.66. The minimum absolute atomic E-state index is 0.0124. The highest BCUT2D eigenvalue weighted by molar-refractivity contribution is 5.96. The molecule has 0 bridgehead atoms. The molecule has 30 heavy (non-hydrogen) atoms. The molecule has 3 heterocycles. The minimum atomic E-state index is -0.223. The summed E-state index contributed by atoms with van der Waals surface area (Å²) in [4.78, 5) is 19.4. The van der Waals surface area contributed by atoms with Crippen molar-refractivity contribution in [2.24, 2.45) is 5.92 Å². The van der Waals surface area contributed by atoms with E-state index in [1.807, 2.05) is 30.2 Å². The Morgan fingerprint density at radius 3 is 2.50 bits per heavy atom. The van der Waals surface area contributed by atoms with E-state index in [0.29, 0.717) is 29.5 Å². The number of nitrogens with zero attached hydrogens (tertiary/aromatic N) is 4. The van der Waals surface area contributed by atoms with Crippen molar-refractivity contribution in [2.75, 3.05) is 13.1 Å². The lowest BCUT2D eigenvalue weighted by Gasteiger charge is -2.32. The molecule has 4 rings (SSSR count). The molecule has 0 saturated carbocycles. The number of piperidine rings is 1. The van der Waals surface area contributed by atoms with E-state index in [-0.39, 0.29) is 11.7 Å². The van der Waals surface area contributed by atoms with E-state index in [4.69, 9.17) is 4.52 Å². The van der Waals surface area contributed by atoms with Gasteiger partial charge in [-0.05, 0) is 57.2 Å². The summed E-state index contributed by atoms with van der Waals surface area (Å²) in [5.41, 5.74) is 3.40. The Balaban J connectivity index is 1.39. The summed E-state index contributed by atoms with van der Waals surface area (Å²) in [7, 11) is 0. The largest absolute Gasteiger partial charge is 0.361 e. The van der Waals surface area contributed by atoms with E-state index in [9.17, 15) is 9.18 Å². The number of hydrogen-bond donors (Lipinski definition) is 0. The van der Waals surface area contributed by atoms with Gasteiger partial charge in [-0.25, -0.2) is 9.37 Å². The van der Waals surface area contributed by atoms with Crippen LogP contribution in [0.1, 0.15) is 51.7 Å². The topological polar surface area (TPSA) is 64.2 Å². The highest BCUT2D eigenvalue weighted by Crippen LogP contribution is 2.25. The Morgan fingerprint density at radius 1 is 1.17 bits per heavy atom. The molecule has 1 amide bonds. The number of aromatic nitrogens is 3. The van der Waals surface area contributed by atoms with Crippen LogP contribution in [-0.4, -0.2) is 38.6 Å². The number of rotatable bonds is 5. The third-order valence-corrected chi connectivity index (χ3v) is 6.01. The van der Waals surface area contributed by atoms with Gasteiger partial charge in [-0.1, -0.05) is 17.3 Å². The van der Waals surface area contributed by atoms with Crippen molar-refractivity contribution in [1.29, 1.82) is 0 Å². The van der Waals surface area contributed by atoms with Gasteiger partial charge in [0.15, 0.2) is 0 Å². The summed E-state index contributed by atoms with van der Waals surface area (Å²) in [6, 6.07) is 6.62. The molecule has 2 aromatic heterocycles. The minimum Gasteiger partial charge on any atom is -0.361 e. The molecule has 1 aliphatic heterocycles. The average molecular weight is 410 g/mol. The van der Waals surface area contributed by atoms with Gasteiger partial charge in [-0.2, -0.15) is 0 Å². The molecule has 1 aliphatic rings. The fourth-order valence-corrected chi connectivity index (χ4v) is 4.21. The van der Waals surface area contributed by atoms with E-state index in [2.05, 4.69) is 14.7 Å². The summed E-state index contributed by atoms with van der Waals surface area (Å²) in [5.74, 6) is 1.90. The molecule has 1 aromatic carbocycles. The third kappa shape index (κ3) is 4.15. The maximum atomic E-state index is 13.2. The molecule has 0 unspecified atom stereocenters. The van der Waals surface area contributed by atoms with Gasteiger partial charge < -0.3 is 14.0 Å². The third-order valence-electron chi connectivity index (χ3n) is 6.01. The smallest absolute Gasteiger partial charge is 0.259 e. The highest BCUT2D eigenvalue weighted by atomic mass is 19.1. The van der Waals surface area contributed by atoms with Crippen LogP contribution in [0.3, 0.4) is 0 Å². The molecule has 6 nitrogen and oxygen atoms in total. The van der Waals surface area contributed by atoms with Crippen LogP contribution in [-0.2, 0) is 13.0 Å². The van der Waals surface area contributed by atoms with Gasteiger partial charge in [0.25, 0.3) is 5.91 Å². The molecule has 7 heteroatoms. The zero-order chi connectivity index (χ0) is 21.3. The standard InChI is InChI=1S/C23H27FN4O2/c1-15-13-25-21(28(15)14-19-4-6-20(24)7-5-19)12-18-8-10-27(11-9-18)23(29)22-16(2)26-30-17(22)3/h4-7,13,18H,8-12,14H2,1-3H3. The van der Waals surface area contributed by atoms with Gasteiger partial charge in [0.05, 0.1) is 5.69 Å². The van der Waals surface area contributed by atoms with Crippen LogP contribution in [0.5, 0.6) is 0 Å². The van der Waals surface area contributed by atoms with Crippen LogP contribution in [0.25, 0.3) is 0 Å². The molecule has 1 saturated heterocycles. The molecule has 0 radical (unpaired) electrons. The number of carbonyl (C=O) groups is 1. The van der Waals surface area contributed by atoms with E-state index in [0.717, 1.165) is 49.4 Å². The Kier molecular flexibility index (Phi) is 5.70. The second-order valence-corrected chi connectivity index (χ2v) is 8.17. The van der Waals surface area contributed by atoms with Gasteiger partial charge in [-0.15, -0.1) is 0 Å². The average Bonchev–Trinajstić information content (AvgIpc) is 3.25. The molecule has 158 valence electrons. The van der Waals surface area contributed by atoms with Crippen LogP contribution in [0.4, 0.5) is 4.39 Å². The number of imidazole rings is 1. The predicted molar refractivity (Wildman–Crippen MR) is 111 cm³/mol. The molecule has 0 aliphatic carbocycles. The van der Waals surface area contributed by atoms with E-state index in [1.165, 1.54) is 12.1 Å². The van der Waals surface area contributed by atoms with Crippen molar-refractivity contribution < 1.29 is 13.7 Å². The quantitative estimate of drug-likeness (QED) is 0.636. The molecular weight excluding hydrogens is 383 g/mol. The number of amides is 1. The van der Waals surface area contributed by atoms with Crippen molar-refractivity contribution in [2.45, 2.75) is 46.6 Å². The number of benzene rings is 1. The fourth-order valence-electron chi connectivity index (χ4n) is 4.21. The summed E-state index contributed by atoms with van der Waals surface area (Å²) < 4.78 is 20.6. The van der Waals surface area contributed by atoms with Crippen molar-refractivity contribution >= 4 is 5.91 Å². The van der Waals surface area contributed by atoms with Crippen molar-refractivity contribution in [3.05, 3.63) is 70.4 Å². The van der Waals surface area contributed by atoms with Crippen LogP contribution < -0.4 is 0 Å². The van der Waals surface area contributed by atoms with E-state index in [1.54, 1.807) is 13.8 Å². The first-order valence-electron chi connectivity index (χ1n) is 10.4. The van der Waals surface area contributed by atoms with Gasteiger partial charge in [0, 0.05) is 37.9 Å². The van der Waals surface area contributed by atoms with Crippen LogP contribution in [0, 0.1) is 32.5 Å². The van der Waals surface area contributed by atoms with Gasteiger partial charge in [0.1, 0.15) is 23.0 Å². The molecule has 3 aromatic rings. The molecule has 0 spiro atoms. The fraction of sp³-hybridized carbons (Fsp3) is 0.435. The summed E-state index contributed by atoms with van der Waals surface area (Å²) >= 11 is 0. The Morgan fingerprint density at radius 2 is 1.87 bits per heavy atom. The van der Waals surface area contributed by atoms with Gasteiger partial charge in [-0.3, -0.25) is 4.79 Å². The molecular formula is C23H27FN4O2. The first-order chi connectivity index (χ1) is 14.4. The van der Waals surface area contributed by atoms with Gasteiger partial charge >= 0.3 is 0 Å². The normalized spacial score (nSPS) is 15.0. The van der Waals surface area contributed by atoms with Crippen molar-refractivity contribution in [1.82, 2.24) is 19.6 Å². The van der Waals surface area contributed by atoms with Crippen LogP contribution >= 0.6 is 0 Å². The second kappa shape index (κ2) is 8.42. The molecule has 0 atom stereocenters. The second-order valence-electron chi connectivity index (χ2n) is 8.17. The first kappa shape index (κ1) is 20.3. The Labute approximate surface area is 175 Å². The summed E-state index contributed by atoms with van der Waals surface area (Å²) in [6.45, 7) is 7.77. The highest BCUT2D eigenvalue weighted by Gasteiger charge is 2.28. The lowest BCUT2D eigenvalue weighted by atomic mass is 9.92. The van der Waals surface area contributed by atoms with Crippen molar-refractivity contribution in [3.8, 4) is 0 Å². The Hall–Kier alpha value is -2.96. The summed E-state index contributed by atoms with van der Waals surface area (Å²) in [5, 5.41) is 3.90. The maximum Gasteiger partial charge on any atom is 0.259 e. The number of aryl methyl sites for hydroxylation is 3. The maximum absolute atomic E-state index is 13.2. The monoisotopic (exact) mass is 410 g/mol. The zero-order valence-electron chi connectivity index (χ0n) is 17.7. The number of carbonyl (C=O) groups excluding carboxylic acids is 1. The van der Waals surface area contributed by atoms with E-state index < -0.39 is 0 Å². The van der Waals surface area contributed by atoms with E-state index >= 15 is 0 Å². The number of hydrogen-bond acceptors (Lipinski definition) is 4. The van der Waals surface area contributed by atoms with Crippen LogP contribution in [0.15, 0.2) is 35.0 Å². The lowest BCUT2D eigenvalue weighted by molar-refractivity contribution is 0.0687.